The van der Waals surface area contributed by atoms with Crippen LogP contribution < -0.4 is 15.2 Å². The number of piperidine rings is 1. The van der Waals surface area contributed by atoms with Crippen LogP contribution in [0.4, 0.5) is 4.39 Å². The van der Waals surface area contributed by atoms with Crippen molar-refractivity contribution >= 4 is 11.8 Å². The molecule has 3 N–H and O–H groups in total. The Morgan fingerprint density at radius 2 is 1.68 bits per heavy atom. The van der Waals surface area contributed by atoms with Crippen LogP contribution in [0.2, 0.25) is 0 Å². The van der Waals surface area contributed by atoms with Crippen molar-refractivity contribution in [3.05, 3.63) is 77.6 Å². The van der Waals surface area contributed by atoms with E-state index in [1.165, 1.54) is 24.3 Å². The van der Waals surface area contributed by atoms with Crippen molar-refractivity contribution in [1.82, 2.24) is 9.88 Å². The number of nitrogens with one attached hydrogen (secondary N) is 1. The molecule has 2 heterocycles. The van der Waals surface area contributed by atoms with Gasteiger partial charge in [-0.25, -0.2) is 4.39 Å². The SMILES string of the molecule is CCOC(=N)c1ccc(Oc2ccc(C(=O)N3CCC(CCN)CC3)c(Oc3ccc(F)cc3)n2)cc1. The fourth-order valence-corrected chi connectivity index (χ4v) is 4.19. The molecule has 4 rings (SSSR count). The summed E-state index contributed by atoms with van der Waals surface area (Å²) < 4.78 is 30.4. The Bertz CT molecular complexity index is 1210. The summed E-state index contributed by atoms with van der Waals surface area (Å²) in [5.41, 5.74) is 6.62. The summed E-state index contributed by atoms with van der Waals surface area (Å²) in [6.45, 7) is 4.16. The summed E-state index contributed by atoms with van der Waals surface area (Å²) in [6, 6.07) is 15.6. The standard InChI is InChI=1S/C28H31FN4O4/c1-2-35-26(31)20-3-7-22(8-4-20)36-25-12-11-24(27(32-25)37-23-9-5-21(29)6-10-23)28(34)33-17-14-19(13-16-30)15-18-33/h3-12,19,31H,2,13-18,30H2,1H3. The maximum Gasteiger partial charge on any atom is 0.259 e. The molecule has 1 saturated heterocycles. The summed E-state index contributed by atoms with van der Waals surface area (Å²) in [7, 11) is 0. The third kappa shape index (κ3) is 6.83. The summed E-state index contributed by atoms with van der Waals surface area (Å²) in [6.07, 6.45) is 2.77. The van der Waals surface area contributed by atoms with E-state index >= 15 is 0 Å². The molecule has 1 aromatic heterocycles. The van der Waals surface area contributed by atoms with Gasteiger partial charge in [0.25, 0.3) is 5.91 Å². The molecule has 8 nitrogen and oxygen atoms in total. The van der Waals surface area contributed by atoms with E-state index in [0.717, 1.165) is 19.3 Å². The first-order chi connectivity index (χ1) is 18.0. The molecule has 1 amide bonds. The zero-order valence-corrected chi connectivity index (χ0v) is 20.8. The molecular formula is C28H31FN4O4. The number of amides is 1. The largest absolute Gasteiger partial charge is 0.478 e. The minimum Gasteiger partial charge on any atom is -0.478 e. The van der Waals surface area contributed by atoms with Crippen molar-refractivity contribution in [3.8, 4) is 23.3 Å². The predicted octanol–water partition coefficient (Wildman–Crippen LogP) is 5.37. The van der Waals surface area contributed by atoms with Gasteiger partial charge in [-0.15, -0.1) is 0 Å². The van der Waals surface area contributed by atoms with Crippen LogP contribution in [0.5, 0.6) is 23.3 Å². The highest BCUT2D eigenvalue weighted by Gasteiger charge is 2.26. The molecule has 194 valence electrons. The Morgan fingerprint density at radius 3 is 2.32 bits per heavy atom. The van der Waals surface area contributed by atoms with Gasteiger partial charge >= 0.3 is 0 Å². The lowest BCUT2D eigenvalue weighted by atomic mass is 9.93. The molecular weight excluding hydrogens is 475 g/mol. The molecule has 37 heavy (non-hydrogen) atoms. The highest BCUT2D eigenvalue weighted by molar-refractivity contribution is 5.96. The van der Waals surface area contributed by atoms with Gasteiger partial charge in [-0.2, -0.15) is 4.98 Å². The van der Waals surface area contributed by atoms with Crippen LogP contribution in [0.3, 0.4) is 0 Å². The molecule has 0 saturated carbocycles. The van der Waals surface area contributed by atoms with Crippen LogP contribution in [0.15, 0.2) is 60.7 Å². The quantitative estimate of drug-likeness (QED) is 0.298. The van der Waals surface area contributed by atoms with Crippen molar-refractivity contribution in [2.24, 2.45) is 11.7 Å². The molecule has 2 aromatic carbocycles. The van der Waals surface area contributed by atoms with Gasteiger partial charge in [0.15, 0.2) is 0 Å². The van der Waals surface area contributed by atoms with Gasteiger partial charge in [0.2, 0.25) is 17.7 Å². The van der Waals surface area contributed by atoms with E-state index in [1.54, 1.807) is 41.3 Å². The number of aromatic nitrogens is 1. The lowest BCUT2D eigenvalue weighted by molar-refractivity contribution is 0.0684. The minimum atomic E-state index is -0.394. The van der Waals surface area contributed by atoms with Crippen molar-refractivity contribution < 1.29 is 23.4 Å². The number of hydrogen-bond acceptors (Lipinski definition) is 7. The van der Waals surface area contributed by atoms with E-state index in [2.05, 4.69) is 4.98 Å². The van der Waals surface area contributed by atoms with E-state index in [9.17, 15) is 9.18 Å². The second-order valence-electron chi connectivity index (χ2n) is 8.76. The average molecular weight is 507 g/mol. The van der Waals surface area contributed by atoms with Gasteiger partial charge in [0.1, 0.15) is 22.9 Å². The summed E-state index contributed by atoms with van der Waals surface area (Å²) >= 11 is 0. The normalized spacial score (nSPS) is 13.8. The predicted molar refractivity (Wildman–Crippen MR) is 138 cm³/mol. The highest BCUT2D eigenvalue weighted by Crippen LogP contribution is 2.31. The fourth-order valence-electron chi connectivity index (χ4n) is 4.19. The van der Waals surface area contributed by atoms with Crippen molar-refractivity contribution in [3.63, 3.8) is 0 Å². The summed E-state index contributed by atoms with van der Waals surface area (Å²) in [5, 5.41) is 7.89. The van der Waals surface area contributed by atoms with Gasteiger partial charge < -0.3 is 24.8 Å². The van der Waals surface area contributed by atoms with Crippen molar-refractivity contribution in [2.45, 2.75) is 26.2 Å². The molecule has 0 unspecified atom stereocenters. The number of hydrogen-bond donors (Lipinski definition) is 2. The van der Waals surface area contributed by atoms with Gasteiger partial charge in [-0.05, 0) is 93.2 Å². The topological polar surface area (TPSA) is 111 Å². The lowest BCUT2D eigenvalue weighted by Crippen LogP contribution is -2.39. The zero-order valence-electron chi connectivity index (χ0n) is 20.8. The smallest absolute Gasteiger partial charge is 0.259 e. The van der Waals surface area contributed by atoms with E-state index in [-0.39, 0.29) is 23.6 Å². The number of carbonyl (C=O) groups is 1. The van der Waals surface area contributed by atoms with E-state index < -0.39 is 5.82 Å². The maximum absolute atomic E-state index is 13.4. The molecule has 0 spiro atoms. The van der Waals surface area contributed by atoms with Crippen LogP contribution >= 0.6 is 0 Å². The Morgan fingerprint density at radius 1 is 1.03 bits per heavy atom. The van der Waals surface area contributed by atoms with Crippen molar-refractivity contribution in [1.29, 1.82) is 5.41 Å². The average Bonchev–Trinajstić information content (AvgIpc) is 2.91. The third-order valence-corrected chi connectivity index (χ3v) is 6.20. The second-order valence-corrected chi connectivity index (χ2v) is 8.76. The van der Waals surface area contributed by atoms with Gasteiger partial charge in [0.05, 0.1) is 6.61 Å². The Hall–Kier alpha value is -3.98. The number of nitrogens with zero attached hydrogens (tertiary/aromatic N) is 2. The molecule has 3 aromatic rings. The number of likely N-dealkylation sites (tertiary alicyclic amines) is 1. The molecule has 9 heteroatoms. The third-order valence-electron chi connectivity index (χ3n) is 6.20. The van der Waals surface area contributed by atoms with E-state index in [4.69, 9.17) is 25.4 Å². The maximum atomic E-state index is 13.4. The first kappa shape index (κ1) is 26.1. The number of halogens is 1. The molecule has 0 bridgehead atoms. The van der Waals surface area contributed by atoms with Crippen LogP contribution in [0, 0.1) is 17.1 Å². The summed E-state index contributed by atoms with van der Waals surface area (Å²) in [4.78, 5) is 19.7. The first-order valence-corrected chi connectivity index (χ1v) is 12.4. The summed E-state index contributed by atoms with van der Waals surface area (Å²) in [5.74, 6) is 1.18. The molecule has 0 atom stereocenters. The minimum absolute atomic E-state index is 0.0768. The molecule has 0 aliphatic carbocycles. The van der Waals surface area contributed by atoms with Crippen molar-refractivity contribution in [2.75, 3.05) is 26.2 Å². The van der Waals surface area contributed by atoms with Crippen LogP contribution in [-0.2, 0) is 4.74 Å². The Kier molecular flexibility index (Phi) is 8.68. The van der Waals surface area contributed by atoms with E-state index in [1.807, 2.05) is 6.92 Å². The lowest BCUT2D eigenvalue weighted by Gasteiger charge is -2.32. The second kappa shape index (κ2) is 12.3. The number of rotatable bonds is 9. The number of pyridine rings is 1. The molecule has 1 aliphatic heterocycles. The number of nitrogens with two attached hydrogens (primary N) is 1. The zero-order chi connectivity index (χ0) is 26.2. The van der Waals surface area contributed by atoms with Crippen LogP contribution in [0.1, 0.15) is 42.1 Å². The Labute approximate surface area is 215 Å². The van der Waals surface area contributed by atoms with Gasteiger partial charge in [-0.1, -0.05) is 0 Å². The molecule has 1 aliphatic rings. The van der Waals surface area contributed by atoms with Crippen LogP contribution in [0.25, 0.3) is 0 Å². The van der Waals surface area contributed by atoms with Gasteiger partial charge in [0, 0.05) is 24.7 Å². The first-order valence-electron chi connectivity index (χ1n) is 12.4. The fraction of sp³-hybridized carbons (Fsp3) is 0.321. The number of ether oxygens (including phenoxy) is 3. The molecule has 0 radical (unpaired) electrons. The Balaban J connectivity index is 1.55. The monoisotopic (exact) mass is 506 g/mol. The van der Waals surface area contributed by atoms with Crippen LogP contribution in [-0.4, -0.2) is 47.9 Å². The number of carbonyl (C=O) groups excluding carboxylic acids is 1. The van der Waals surface area contributed by atoms with E-state index in [0.29, 0.717) is 54.8 Å². The van der Waals surface area contributed by atoms with Gasteiger partial charge in [-0.3, -0.25) is 10.2 Å². The highest BCUT2D eigenvalue weighted by atomic mass is 19.1. The molecule has 1 fully saturated rings. The number of benzene rings is 2.